The molecule has 2 aromatic carbocycles. The molecule has 0 spiro atoms. The van der Waals surface area contributed by atoms with E-state index >= 15 is 0 Å². The maximum Gasteiger partial charge on any atom is 0.291 e. The van der Waals surface area contributed by atoms with Gasteiger partial charge in [0.05, 0.1) is 4.53 Å². The molecule has 6 heteroatoms. The molecule has 0 atom stereocenters. The summed E-state index contributed by atoms with van der Waals surface area (Å²) in [6, 6.07) is 17.4. The highest BCUT2D eigenvalue weighted by Gasteiger charge is 2.11. The molecule has 0 N–H and O–H groups in total. The van der Waals surface area contributed by atoms with E-state index in [-0.39, 0.29) is 5.56 Å². The average Bonchev–Trinajstić information content (AvgIpc) is 3.09. The van der Waals surface area contributed by atoms with Gasteiger partial charge in [-0.1, -0.05) is 69.7 Å². The van der Waals surface area contributed by atoms with E-state index in [9.17, 15) is 4.79 Å². The Morgan fingerprint density at radius 2 is 1.91 bits per heavy atom. The lowest BCUT2D eigenvalue weighted by molar-refractivity contribution is 0.937. The Hall–Kier alpha value is -2.31. The predicted molar refractivity (Wildman–Crippen MR) is 95.5 cm³/mol. The molecule has 0 aliphatic carbocycles. The largest absolute Gasteiger partial charge is 0.291 e. The fourth-order valence-electron chi connectivity index (χ4n) is 2.29. The van der Waals surface area contributed by atoms with Gasteiger partial charge in [-0.25, -0.2) is 0 Å². The molecule has 0 aliphatic heterocycles. The van der Waals surface area contributed by atoms with Crippen LogP contribution < -0.4 is 10.1 Å². The lowest BCUT2D eigenvalue weighted by Gasteiger charge is -1.92. The van der Waals surface area contributed by atoms with Crippen LogP contribution in [0.1, 0.15) is 5.56 Å². The molecular weight excluding hydrogens is 374 g/mol. The average molecular weight is 384 g/mol. The Bertz CT molecular complexity index is 1100. The molecule has 0 amide bonds. The van der Waals surface area contributed by atoms with Gasteiger partial charge in [0.15, 0.2) is 5.82 Å². The predicted octanol–water partition coefficient (Wildman–Crippen LogP) is 3.13. The van der Waals surface area contributed by atoms with E-state index in [1.807, 2.05) is 60.7 Å². The number of halogens is 1. The van der Waals surface area contributed by atoms with Gasteiger partial charge in [-0.15, -0.1) is 5.10 Å². The van der Waals surface area contributed by atoms with E-state index in [4.69, 9.17) is 0 Å². The van der Waals surface area contributed by atoms with Gasteiger partial charge in [-0.3, -0.25) is 4.79 Å². The third-order valence-electron chi connectivity index (χ3n) is 3.36. The molecular formula is C17H10BrN3OS. The summed E-state index contributed by atoms with van der Waals surface area (Å²) in [5, 5.41) is 4.34. The minimum atomic E-state index is -0.139. The van der Waals surface area contributed by atoms with Crippen molar-refractivity contribution in [1.82, 2.24) is 14.6 Å². The van der Waals surface area contributed by atoms with Crippen molar-refractivity contribution in [2.75, 3.05) is 0 Å². The summed E-state index contributed by atoms with van der Waals surface area (Å²) in [7, 11) is 0. The fourth-order valence-corrected chi connectivity index (χ4v) is 3.62. The van der Waals surface area contributed by atoms with Crippen LogP contribution in [-0.4, -0.2) is 14.6 Å². The van der Waals surface area contributed by atoms with Crippen LogP contribution in [0.4, 0.5) is 0 Å². The van der Waals surface area contributed by atoms with E-state index in [1.165, 1.54) is 15.9 Å². The molecule has 0 unspecified atom stereocenters. The van der Waals surface area contributed by atoms with E-state index in [2.05, 4.69) is 26.0 Å². The number of nitrogens with zero attached hydrogens (tertiary/aromatic N) is 3. The Morgan fingerprint density at radius 3 is 2.65 bits per heavy atom. The number of benzene rings is 2. The Balaban J connectivity index is 1.84. The summed E-state index contributed by atoms with van der Waals surface area (Å²) in [5.41, 5.74) is 1.73. The van der Waals surface area contributed by atoms with Gasteiger partial charge in [-0.2, -0.15) is 9.50 Å². The fraction of sp³-hybridized carbons (Fsp3) is 0. The zero-order valence-electron chi connectivity index (χ0n) is 11.8. The number of hydrogen-bond acceptors (Lipinski definition) is 4. The van der Waals surface area contributed by atoms with Crippen molar-refractivity contribution >= 4 is 38.3 Å². The topological polar surface area (TPSA) is 47.3 Å². The van der Waals surface area contributed by atoms with Gasteiger partial charge in [0.2, 0.25) is 4.96 Å². The summed E-state index contributed by atoms with van der Waals surface area (Å²) in [6.07, 6.45) is 1.86. The lowest BCUT2D eigenvalue weighted by atomic mass is 10.2. The van der Waals surface area contributed by atoms with Crippen molar-refractivity contribution in [2.45, 2.75) is 0 Å². The van der Waals surface area contributed by atoms with Crippen LogP contribution in [0.3, 0.4) is 0 Å². The number of fused-ring (bicyclic) bond motifs is 1. The summed E-state index contributed by atoms with van der Waals surface area (Å²) in [4.78, 5) is 17.6. The standard InChI is InChI=1S/C17H10BrN3OS/c18-13-8-4-5-11(9-13)10-14-16(22)21-17(23-14)19-15(20-21)12-6-2-1-3-7-12/h1-10H/b14-10-. The quantitative estimate of drug-likeness (QED) is 0.534. The van der Waals surface area contributed by atoms with Crippen molar-refractivity contribution in [3.8, 4) is 11.4 Å². The first-order valence-electron chi connectivity index (χ1n) is 6.93. The van der Waals surface area contributed by atoms with Crippen LogP contribution in [0.15, 0.2) is 63.9 Å². The summed E-state index contributed by atoms with van der Waals surface area (Å²) >= 11 is 4.78. The van der Waals surface area contributed by atoms with Crippen LogP contribution in [-0.2, 0) is 0 Å². The summed E-state index contributed by atoms with van der Waals surface area (Å²) < 4.78 is 2.97. The van der Waals surface area contributed by atoms with E-state index in [0.717, 1.165) is 15.6 Å². The normalized spacial score (nSPS) is 12.1. The highest BCUT2D eigenvalue weighted by molar-refractivity contribution is 9.10. The second-order valence-electron chi connectivity index (χ2n) is 4.97. The summed E-state index contributed by atoms with van der Waals surface area (Å²) in [5.74, 6) is 0.572. The highest BCUT2D eigenvalue weighted by atomic mass is 79.9. The second kappa shape index (κ2) is 5.72. The van der Waals surface area contributed by atoms with E-state index in [1.54, 1.807) is 0 Å². The molecule has 4 aromatic rings. The second-order valence-corrected chi connectivity index (χ2v) is 6.89. The molecule has 0 saturated carbocycles. The van der Waals surface area contributed by atoms with Gasteiger partial charge >= 0.3 is 0 Å². The van der Waals surface area contributed by atoms with Crippen molar-refractivity contribution in [2.24, 2.45) is 0 Å². The molecule has 112 valence electrons. The summed E-state index contributed by atoms with van der Waals surface area (Å²) in [6.45, 7) is 0. The third-order valence-corrected chi connectivity index (χ3v) is 4.81. The first-order chi connectivity index (χ1) is 11.2. The van der Waals surface area contributed by atoms with Crippen molar-refractivity contribution in [3.05, 3.63) is 79.5 Å². The molecule has 0 fully saturated rings. The van der Waals surface area contributed by atoms with Gasteiger partial charge in [-0.05, 0) is 23.8 Å². The molecule has 2 aromatic heterocycles. The van der Waals surface area contributed by atoms with E-state index in [0.29, 0.717) is 15.3 Å². The number of rotatable bonds is 2. The zero-order valence-corrected chi connectivity index (χ0v) is 14.2. The smallest absolute Gasteiger partial charge is 0.266 e. The number of aromatic nitrogens is 3. The number of hydrogen-bond donors (Lipinski definition) is 0. The molecule has 2 heterocycles. The monoisotopic (exact) mass is 383 g/mol. The maximum atomic E-state index is 12.5. The molecule has 0 saturated heterocycles. The van der Waals surface area contributed by atoms with Crippen LogP contribution >= 0.6 is 27.3 Å². The Morgan fingerprint density at radius 1 is 1.09 bits per heavy atom. The minimum absolute atomic E-state index is 0.139. The van der Waals surface area contributed by atoms with Crippen LogP contribution in [0.2, 0.25) is 0 Å². The zero-order chi connectivity index (χ0) is 15.8. The Kier molecular flexibility index (Phi) is 3.55. The van der Waals surface area contributed by atoms with E-state index < -0.39 is 0 Å². The molecule has 0 radical (unpaired) electrons. The minimum Gasteiger partial charge on any atom is -0.266 e. The first kappa shape index (κ1) is 14.3. The van der Waals surface area contributed by atoms with Crippen molar-refractivity contribution < 1.29 is 0 Å². The van der Waals surface area contributed by atoms with Crippen molar-refractivity contribution in [3.63, 3.8) is 0 Å². The molecule has 23 heavy (non-hydrogen) atoms. The molecule has 0 bridgehead atoms. The SMILES string of the molecule is O=c1/c(=C/c2cccc(Br)c2)sc2nc(-c3ccccc3)nn12. The first-order valence-corrected chi connectivity index (χ1v) is 8.54. The lowest BCUT2D eigenvalue weighted by Crippen LogP contribution is -2.23. The molecule has 4 rings (SSSR count). The third kappa shape index (κ3) is 2.71. The van der Waals surface area contributed by atoms with Crippen molar-refractivity contribution in [1.29, 1.82) is 0 Å². The van der Waals surface area contributed by atoms with Crippen LogP contribution in [0.5, 0.6) is 0 Å². The van der Waals surface area contributed by atoms with Gasteiger partial charge in [0.25, 0.3) is 5.56 Å². The molecule has 0 aliphatic rings. The molecule has 4 nitrogen and oxygen atoms in total. The van der Waals surface area contributed by atoms with Gasteiger partial charge in [0.1, 0.15) is 0 Å². The van der Waals surface area contributed by atoms with Crippen LogP contribution in [0, 0.1) is 0 Å². The van der Waals surface area contributed by atoms with Crippen LogP contribution in [0.25, 0.3) is 22.4 Å². The highest BCUT2D eigenvalue weighted by Crippen LogP contribution is 2.16. The maximum absolute atomic E-state index is 12.5. The Labute approximate surface area is 143 Å². The number of thiazole rings is 1. The van der Waals surface area contributed by atoms with Gasteiger partial charge in [0, 0.05) is 10.0 Å². The van der Waals surface area contributed by atoms with Gasteiger partial charge < -0.3 is 0 Å².